The number of carbonyl (C=O) groups is 1. The highest BCUT2D eigenvalue weighted by molar-refractivity contribution is 7.97. The number of halogens is 1. The molecule has 0 amide bonds. The van der Waals surface area contributed by atoms with Crippen molar-refractivity contribution in [2.24, 2.45) is 0 Å². The highest BCUT2D eigenvalue weighted by Gasteiger charge is 2.23. The summed E-state index contributed by atoms with van der Waals surface area (Å²) in [4.78, 5) is 12.7. The van der Waals surface area contributed by atoms with Crippen molar-refractivity contribution in [3.05, 3.63) is 94.0 Å². The van der Waals surface area contributed by atoms with Crippen LogP contribution < -0.4 is 4.74 Å². The molecule has 0 radical (unpaired) electrons. The van der Waals surface area contributed by atoms with E-state index in [2.05, 4.69) is 36.4 Å². The molecule has 6 heteroatoms. The average Bonchev–Trinajstić information content (AvgIpc) is 2.91. The number of ether oxygens (including phenoxy) is 1. The Labute approximate surface area is 198 Å². The van der Waals surface area contributed by atoms with Gasteiger partial charge in [0, 0.05) is 24.0 Å². The fourth-order valence-electron chi connectivity index (χ4n) is 4.00. The van der Waals surface area contributed by atoms with Crippen molar-refractivity contribution in [2.75, 3.05) is 6.54 Å². The van der Waals surface area contributed by atoms with E-state index in [1.165, 1.54) is 11.1 Å². The van der Waals surface area contributed by atoms with Crippen LogP contribution in [0.2, 0.25) is 5.02 Å². The quantitative estimate of drug-likeness (QED) is 0.417. The first-order chi connectivity index (χ1) is 15.4. The van der Waals surface area contributed by atoms with Crippen LogP contribution in [0.4, 0.5) is 0 Å². The summed E-state index contributed by atoms with van der Waals surface area (Å²) in [6.45, 7) is 5.72. The fourth-order valence-corrected chi connectivity index (χ4v) is 5.24. The number of nitrogens with zero attached hydrogens (tertiary/aromatic N) is 1. The lowest BCUT2D eigenvalue weighted by atomic mass is 9.87. The van der Waals surface area contributed by atoms with Crippen LogP contribution in [0.25, 0.3) is 0 Å². The third-order valence-electron chi connectivity index (χ3n) is 5.64. The van der Waals surface area contributed by atoms with Gasteiger partial charge in [-0.2, -0.15) is 0 Å². The molecule has 3 aromatic carbocycles. The van der Waals surface area contributed by atoms with Crippen molar-refractivity contribution in [3.63, 3.8) is 0 Å². The van der Waals surface area contributed by atoms with Crippen molar-refractivity contribution in [1.29, 1.82) is 0 Å². The second kappa shape index (κ2) is 9.99. The van der Waals surface area contributed by atoms with Gasteiger partial charge in [-0.1, -0.05) is 54.1 Å². The molecule has 2 atom stereocenters. The molecule has 166 valence electrons. The smallest absolute Gasteiger partial charge is 0.304 e. The van der Waals surface area contributed by atoms with Crippen LogP contribution in [-0.2, 0) is 11.3 Å². The van der Waals surface area contributed by atoms with Crippen LogP contribution in [0.5, 0.6) is 5.75 Å². The van der Waals surface area contributed by atoms with E-state index in [9.17, 15) is 9.90 Å². The zero-order valence-electron chi connectivity index (χ0n) is 18.1. The Hall–Kier alpha value is -2.47. The van der Waals surface area contributed by atoms with Crippen molar-refractivity contribution in [1.82, 2.24) is 4.31 Å². The first kappa shape index (κ1) is 22.7. The first-order valence-electron chi connectivity index (χ1n) is 10.6. The molecule has 0 bridgehead atoms. The SMILES string of the molecule is Cc1ccc(C(CC(=O)O)c2ccc(Cl)cc2)cc1CN1C[C@@H](C)Oc2ccccc2S1. The zero-order chi connectivity index (χ0) is 22.7. The van der Waals surface area contributed by atoms with Crippen molar-refractivity contribution < 1.29 is 14.6 Å². The Morgan fingerprint density at radius 2 is 1.88 bits per heavy atom. The minimum Gasteiger partial charge on any atom is -0.488 e. The molecule has 1 heterocycles. The topological polar surface area (TPSA) is 49.8 Å². The molecule has 4 nitrogen and oxygen atoms in total. The minimum absolute atomic E-state index is 0.0286. The predicted octanol–water partition coefficient (Wildman–Crippen LogP) is 6.55. The lowest BCUT2D eigenvalue weighted by molar-refractivity contribution is -0.137. The standard InChI is InChI=1S/C26H26ClNO3S/c1-17-7-8-20(23(14-26(29)30)19-9-11-22(27)12-10-19)13-21(17)16-28-15-18(2)31-24-5-3-4-6-25(24)32-28/h3-13,18,23H,14-16H2,1-2H3,(H,29,30)/t18-,23?/m1/s1. The fraction of sp³-hybridized carbons (Fsp3) is 0.269. The van der Waals surface area contributed by atoms with Crippen LogP contribution in [0.1, 0.15) is 41.5 Å². The number of para-hydroxylation sites is 1. The highest BCUT2D eigenvalue weighted by atomic mass is 35.5. The zero-order valence-corrected chi connectivity index (χ0v) is 19.7. The molecule has 0 saturated heterocycles. The van der Waals surface area contributed by atoms with Gasteiger partial charge in [-0.25, -0.2) is 4.31 Å². The molecule has 1 N–H and O–H groups in total. The monoisotopic (exact) mass is 467 g/mol. The van der Waals surface area contributed by atoms with Gasteiger partial charge in [0.05, 0.1) is 11.3 Å². The molecular weight excluding hydrogens is 442 g/mol. The lowest BCUT2D eigenvalue weighted by Gasteiger charge is -2.23. The van der Waals surface area contributed by atoms with Crippen LogP contribution in [0.15, 0.2) is 71.6 Å². The van der Waals surface area contributed by atoms with Gasteiger partial charge in [-0.15, -0.1) is 0 Å². The number of hydrogen-bond acceptors (Lipinski definition) is 4. The van der Waals surface area contributed by atoms with Crippen LogP contribution in [-0.4, -0.2) is 28.0 Å². The van der Waals surface area contributed by atoms with Gasteiger partial charge in [0.25, 0.3) is 0 Å². The Morgan fingerprint density at radius 1 is 1.16 bits per heavy atom. The van der Waals surface area contributed by atoms with Crippen LogP contribution in [0, 0.1) is 6.92 Å². The third-order valence-corrected chi connectivity index (χ3v) is 6.96. The van der Waals surface area contributed by atoms with Crippen LogP contribution in [0.3, 0.4) is 0 Å². The summed E-state index contributed by atoms with van der Waals surface area (Å²) < 4.78 is 8.41. The second-order valence-electron chi connectivity index (χ2n) is 8.18. The summed E-state index contributed by atoms with van der Waals surface area (Å²) in [5.41, 5.74) is 4.32. The van der Waals surface area contributed by atoms with Gasteiger partial charge in [0.2, 0.25) is 0 Å². The van der Waals surface area contributed by atoms with Crippen LogP contribution >= 0.6 is 23.5 Å². The maximum Gasteiger partial charge on any atom is 0.304 e. The number of fused-ring (bicyclic) bond motifs is 1. The number of carboxylic acid groups (broad SMARTS) is 1. The number of rotatable bonds is 6. The maximum atomic E-state index is 11.6. The van der Waals surface area contributed by atoms with Crippen molar-refractivity contribution in [3.8, 4) is 5.75 Å². The normalized spacial score (nSPS) is 17.2. The summed E-state index contributed by atoms with van der Waals surface area (Å²) in [6.07, 6.45) is 0.101. The molecular formula is C26H26ClNO3S. The predicted molar refractivity (Wildman–Crippen MR) is 130 cm³/mol. The van der Waals surface area contributed by atoms with E-state index >= 15 is 0 Å². The Bertz CT molecular complexity index is 1100. The maximum absolute atomic E-state index is 11.6. The van der Waals surface area contributed by atoms with Gasteiger partial charge in [-0.05, 0) is 72.3 Å². The molecule has 0 spiro atoms. The van der Waals surface area contributed by atoms with Gasteiger partial charge >= 0.3 is 5.97 Å². The van der Waals surface area contributed by atoms with Gasteiger partial charge in [0.15, 0.2) is 0 Å². The Kier molecular flexibility index (Phi) is 7.09. The van der Waals surface area contributed by atoms with Gasteiger partial charge in [0.1, 0.15) is 11.9 Å². The van der Waals surface area contributed by atoms with E-state index in [0.29, 0.717) is 5.02 Å². The summed E-state index contributed by atoms with van der Waals surface area (Å²) >= 11 is 7.76. The average molecular weight is 468 g/mol. The lowest BCUT2D eigenvalue weighted by Crippen LogP contribution is -2.27. The van der Waals surface area contributed by atoms with E-state index in [4.69, 9.17) is 16.3 Å². The van der Waals surface area contributed by atoms with E-state index in [1.807, 2.05) is 48.5 Å². The van der Waals surface area contributed by atoms with Gasteiger partial charge in [-0.3, -0.25) is 4.79 Å². The minimum atomic E-state index is -0.822. The number of benzene rings is 3. The molecule has 1 aliphatic rings. The molecule has 4 rings (SSSR count). The molecule has 3 aromatic rings. The molecule has 1 unspecified atom stereocenters. The highest BCUT2D eigenvalue weighted by Crippen LogP contribution is 2.37. The number of carboxylic acids is 1. The summed E-state index contributed by atoms with van der Waals surface area (Å²) in [5.74, 6) is -0.135. The van der Waals surface area contributed by atoms with Gasteiger partial charge < -0.3 is 9.84 Å². The first-order valence-corrected chi connectivity index (χ1v) is 11.8. The molecule has 32 heavy (non-hydrogen) atoms. The van der Waals surface area contributed by atoms with E-state index < -0.39 is 5.97 Å². The summed E-state index contributed by atoms with van der Waals surface area (Å²) in [5, 5.41) is 10.2. The molecule has 0 aliphatic carbocycles. The number of aryl methyl sites for hydroxylation is 1. The largest absolute Gasteiger partial charge is 0.488 e. The third kappa shape index (κ3) is 5.47. The van der Waals surface area contributed by atoms with Crippen molar-refractivity contribution in [2.45, 2.75) is 43.7 Å². The summed E-state index contributed by atoms with van der Waals surface area (Å²) in [6, 6.07) is 21.8. The number of aliphatic carboxylic acids is 1. The van der Waals surface area contributed by atoms with Crippen molar-refractivity contribution >= 4 is 29.5 Å². The number of hydrogen-bond donors (Lipinski definition) is 1. The van der Waals surface area contributed by atoms with E-state index in [0.717, 1.165) is 34.9 Å². The van der Waals surface area contributed by atoms with E-state index in [1.54, 1.807) is 11.9 Å². The van der Waals surface area contributed by atoms with E-state index in [-0.39, 0.29) is 18.4 Å². The molecule has 0 aromatic heterocycles. The molecule has 0 fully saturated rings. The second-order valence-corrected chi connectivity index (χ2v) is 9.75. The molecule has 0 saturated carbocycles. The molecule has 1 aliphatic heterocycles. The Balaban J connectivity index is 1.63. The Morgan fingerprint density at radius 3 is 2.62 bits per heavy atom. The summed E-state index contributed by atoms with van der Waals surface area (Å²) in [7, 11) is 0.